The van der Waals surface area contributed by atoms with Gasteiger partial charge in [0.25, 0.3) is 0 Å². The van der Waals surface area contributed by atoms with Crippen molar-refractivity contribution in [1.82, 2.24) is 10.2 Å². The van der Waals surface area contributed by atoms with Gasteiger partial charge in [0.05, 0.1) is 6.54 Å². The Labute approximate surface area is 98.3 Å². The monoisotopic (exact) mass is 228 g/mol. The van der Waals surface area contributed by atoms with Gasteiger partial charge in [-0.15, -0.1) is 0 Å². The number of likely N-dealkylation sites (N-methyl/N-ethyl adjacent to an activating group) is 1. The van der Waals surface area contributed by atoms with Crippen molar-refractivity contribution < 1.29 is 9.53 Å². The number of hydrogen-bond acceptors (Lipinski definition) is 3. The van der Waals surface area contributed by atoms with E-state index in [0.29, 0.717) is 25.7 Å². The summed E-state index contributed by atoms with van der Waals surface area (Å²) in [6.45, 7) is 1.95. The molecule has 0 spiro atoms. The van der Waals surface area contributed by atoms with E-state index in [0.717, 1.165) is 6.42 Å². The third-order valence-electron chi connectivity index (χ3n) is 3.19. The summed E-state index contributed by atoms with van der Waals surface area (Å²) in [4.78, 5) is 13.8. The number of methoxy groups -OCH3 is 1. The van der Waals surface area contributed by atoms with Crippen LogP contribution in [0.5, 0.6) is 0 Å². The van der Waals surface area contributed by atoms with Gasteiger partial charge in [-0.3, -0.25) is 9.69 Å². The molecule has 1 aliphatic carbocycles. The predicted molar refractivity (Wildman–Crippen MR) is 64.4 cm³/mol. The highest BCUT2D eigenvalue weighted by molar-refractivity contribution is 5.77. The quantitative estimate of drug-likeness (QED) is 0.661. The molecule has 0 bridgehead atoms. The van der Waals surface area contributed by atoms with Crippen molar-refractivity contribution in [2.45, 2.75) is 38.1 Å². The highest BCUT2D eigenvalue weighted by Gasteiger charge is 2.20. The van der Waals surface area contributed by atoms with E-state index in [4.69, 9.17) is 4.74 Å². The number of carbonyl (C=O) groups excluding carboxylic acids is 1. The Morgan fingerprint density at radius 3 is 2.75 bits per heavy atom. The zero-order chi connectivity index (χ0) is 11.8. The summed E-state index contributed by atoms with van der Waals surface area (Å²) in [6, 6.07) is 0.615. The van der Waals surface area contributed by atoms with Crippen molar-refractivity contribution >= 4 is 5.91 Å². The fourth-order valence-electron chi connectivity index (χ4n) is 2.20. The first-order chi connectivity index (χ1) is 7.74. The maximum absolute atomic E-state index is 11.6. The first-order valence-electron chi connectivity index (χ1n) is 6.20. The average molecular weight is 228 g/mol. The van der Waals surface area contributed by atoms with Gasteiger partial charge in [0.1, 0.15) is 0 Å². The molecule has 0 radical (unpaired) electrons. The standard InChI is InChI=1S/C12H24N2O2/c1-14(11-6-3-4-7-11)10-12(15)13-8-5-9-16-2/h11H,3-10H2,1-2H3,(H,13,15). The molecule has 16 heavy (non-hydrogen) atoms. The lowest BCUT2D eigenvalue weighted by Gasteiger charge is -2.23. The van der Waals surface area contributed by atoms with Gasteiger partial charge in [-0.2, -0.15) is 0 Å². The van der Waals surface area contributed by atoms with Crippen LogP contribution in [0.1, 0.15) is 32.1 Å². The van der Waals surface area contributed by atoms with Gasteiger partial charge >= 0.3 is 0 Å². The summed E-state index contributed by atoms with van der Waals surface area (Å²) in [5.74, 6) is 0.130. The molecule has 0 aromatic heterocycles. The summed E-state index contributed by atoms with van der Waals surface area (Å²) in [7, 11) is 3.72. The lowest BCUT2D eigenvalue weighted by molar-refractivity contribution is -0.122. The molecule has 0 heterocycles. The Morgan fingerprint density at radius 1 is 1.44 bits per heavy atom. The second-order valence-electron chi connectivity index (χ2n) is 4.55. The molecule has 4 heteroatoms. The third kappa shape index (κ3) is 4.94. The fraction of sp³-hybridized carbons (Fsp3) is 0.917. The number of hydrogen-bond donors (Lipinski definition) is 1. The van der Waals surface area contributed by atoms with Gasteiger partial charge in [-0.05, 0) is 26.3 Å². The molecule has 94 valence electrons. The van der Waals surface area contributed by atoms with Crippen LogP contribution < -0.4 is 5.32 Å². The molecule has 1 N–H and O–H groups in total. The van der Waals surface area contributed by atoms with Crippen molar-refractivity contribution in [3.63, 3.8) is 0 Å². The molecule has 0 saturated heterocycles. The van der Waals surface area contributed by atoms with Crippen molar-refractivity contribution in [3.05, 3.63) is 0 Å². The Hall–Kier alpha value is -0.610. The van der Waals surface area contributed by atoms with Gasteiger partial charge < -0.3 is 10.1 Å². The minimum Gasteiger partial charge on any atom is -0.385 e. The van der Waals surface area contributed by atoms with E-state index in [2.05, 4.69) is 10.2 Å². The topological polar surface area (TPSA) is 41.6 Å². The fourth-order valence-corrected chi connectivity index (χ4v) is 2.20. The average Bonchev–Trinajstić information content (AvgIpc) is 2.77. The molecule has 1 aliphatic rings. The largest absolute Gasteiger partial charge is 0.385 e. The maximum Gasteiger partial charge on any atom is 0.234 e. The van der Waals surface area contributed by atoms with E-state index in [9.17, 15) is 4.79 Å². The molecule has 1 amide bonds. The lowest BCUT2D eigenvalue weighted by Crippen LogP contribution is -2.39. The minimum absolute atomic E-state index is 0.130. The van der Waals surface area contributed by atoms with Crippen molar-refractivity contribution in [2.75, 3.05) is 33.9 Å². The zero-order valence-corrected chi connectivity index (χ0v) is 10.5. The number of nitrogens with one attached hydrogen (secondary N) is 1. The van der Waals surface area contributed by atoms with Crippen LogP contribution in [0, 0.1) is 0 Å². The molecular weight excluding hydrogens is 204 g/mol. The second-order valence-corrected chi connectivity index (χ2v) is 4.55. The van der Waals surface area contributed by atoms with Gasteiger partial charge in [-0.25, -0.2) is 0 Å². The summed E-state index contributed by atoms with van der Waals surface area (Å²) in [5.41, 5.74) is 0. The van der Waals surface area contributed by atoms with Gasteiger partial charge in [-0.1, -0.05) is 12.8 Å². The highest BCUT2D eigenvalue weighted by atomic mass is 16.5. The Kier molecular flexibility index (Phi) is 6.42. The van der Waals surface area contributed by atoms with Crippen molar-refractivity contribution in [1.29, 1.82) is 0 Å². The van der Waals surface area contributed by atoms with Crippen LogP contribution >= 0.6 is 0 Å². The van der Waals surface area contributed by atoms with Crippen LogP contribution in [-0.4, -0.2) is 50.7 Å². The molecule has 1 rings (SSSR count). The summed E-state index contributed by atoms with van der Waals surface area (Å²) in [6.07, 6.45) is 5.99. The van der Waals surface area contributed by atoms with Crippen LogP contribution in [0.3, 0.4) is 0 Å². The normalized spacial score (nSPS) is 16.9. The molecule has 1 saturated carbocycles. The Balaban J connectivity index is 2.08. The summed E-state index contributed by atoms with van der Waals surface area (Å²) in [5, 5.41) is 2.91. The molecular formula is C12H24N2O2. The highest BCUT2D eigenvalue weighted by Crippen LogP contribution is 2.21. The predicted octanol–water partition coefficient (Wildman–Crippen LogP) is 1.01. The van der Waals surface area contributed by atoms with Crippen LogP contribution in [0.25, 0.3) is 0 Å². The molecule has 0 atom stereocenters. The molecule has 0 aromatic carbocycles. The number of carbonyl (C=O) groups is 1. The van der Waals surface area contributed by atoms with Gasteiger partial charge in [0, 0.05) is 26.3 Å². The lowest BCUT2D eigenvalue weighted by atomic mass is 10.2. The Morgan fingerprint density at radius 2 is 2.12 bits per heavy atom. The zero-order valence-electron chi connectivity index (χ0n) is 10.5. The van der Waals surface area contributed by atoms with E-state index in [-0.39, 0.29) is 5.91 Å². The number of amides is 1. The number of ether oxygens (including phenoxy) is 1. The van der Waals surface area contributed by atoms with Crippen LogP contribution in [0.2, 0.25) is 0 Å². The smallest absolute Gasteiger partial charge is 0.234 e. The number of rotatable bonds is 7. The molecule has 0 unspecified atom stereocenters. The van der Waals surface area contributed by atoms with E-state index < -0.39 is 0 Å². The van der Waals surface area contributed by atoms with E-state index in [1.807, 2.05) is 7.05 Å². The van der Waals surface area contributed by atoms with Crippen molar-refractivity contribution in [3.8, 4) is 0 Å². The van der Waals surface area contributed by atoms with Gasteiger partial charge in [0.2, 0.25) is 5.91 Å². The first-order valence-corrected chi connectivity index (χ1v) is 6.20. The molecule has 0 aliphatic heterocycles. The Bertz CT molecular complexity index is 203. The van der Waals surface area contributed by atoms with Crippen LogP contribution in [0.4, 0.5) is 0 Å². The minimum atomic E-state index is 0.130. The third-order valence-corrected chi connectivity index (χ3v) is 3.19. The number of nitrogens with zero attached hydrogens (tertiary/aromatic N) is 1. The van der Waals surface area contributed by atoms with Crippen LogP contribution in [0.15, 0.2) is 0 Å². The molecule has 0 aromatic rings. The van der Waals surface area contributed by atoms with E-state index in [1.54, 1.807) is 7.11 Å². The van der Waals surface area contributed by atoms with Crippen LogP contribution in [-0.2, 0) is 9.53 Å². The summed E-state index contributed by atoms with van der Waals surface area (Å²) >= 11 is 0. The second kappa shape index (κ2) is 7.63. The maximum atomic E-state index is 11.6. The van der Waals surface area contributed by atoms with Gasteiger partial charge in [0.15, 0.2) is 0 Å². The van der Waals surface area contributed by atoms with E-state index in [1.165, 1.54) is 25.7 Å². The molecule has 1 fully saturated rings. The van der Waals surface area contributed by atoms with E-state index >= 15 is 0 Å². The van der Waals surface area contributed by atoms with Crippen molar-refractivity contribution in [2.24, 2.45) is 0 Å². The first kappa shape index (κ1) is 13.5. The summed E-state index contributed by atoms with van der Waals surface area (Å²) < 4.78 is 4.92. The SMILES string of the molecule is COCCCNC(=O)CN(C)C1CCCC1. The molecule has 4 nitrogen and oxygen atoms in total.